The molecule has 0 N–H and O–H groups in total. The van der Waals surface area contributed by atoms with Crippen molar-refractivity contribution in [1.82, 2.24) is 9.80 Å². The van der Waals surface area contributed by atoms with Gasteiger partial charge in [-0.1, -0.05) is 48.6 Å². The van der Waals surface area contributed by atoms with Gasteiger partial charge < -0.3 is 0 Å². The summed E-state index contributed by atoms with van der Waals surface area (Å²) in [5, 5.41) is 0. The number of amides is 4. The van der Waals surface area contributed by atoms with Crippen molar-refractivity contribution < 1.29 is 14.4 Å². The lowest BCUT2D eigenvalue weighted by Crippen LogP contribution is -2.42. The van der Waals surface area contributed by atoms with Gasteiger partial charge >= 0.3 is 17.8 Å². The zero-order chi connectivity index (χ0) is 16.6. The first kappa shape index (κ1) is 15.7. The Morgan fingerprint density at radius 1 is 0.913 bits per heavy atom. The van der Waals surface area contributed by atoms with Crippen LogP contribution >= 0.6 is 0 Å². The molecule has 0 unspecified atom stereocenters. The molecule has 1 aromatic carbocycles. The summed E-state index contributed by atoms with van der Waals surface area (Å²) in [5.41, 5.74) is 3.03. The number of urea groups is 1. The van der Waals surface area contributed by atoms with Crippen molar-refractivity contribution in [2.24, 2.45) is 0 Å². The first-order valence-electron chi connectivity index (χ1n) is 8.23. The molecular weight excluding hydrogens is 292 g/mol. The number of aryl methyl sites for hydroxylation is 2. The second-order valence-corrected chi connectivity index (χ2v) is 6.64. The molecule has 5 heteroatoms. The van der Waals surface area contributed by atoms with Crippen molar-refractivity contribution in [2.45, 2.75) is 58.5 Å². The molecule has 1 heterocycles. The lowest BCUT2D eigenvalue weighted by atomic mass is 9.94. The smallest absolute Gasteiger partial charge is 0.263 e. The molecular formula is C18H22N2O3. The number of carbonyl (C=O) groups is 3. The fourth-order valence-corrected chi connectivity index (χ4v) is 3.67. The van der Waals surface area contributed by atoms with Crippen LogP contribution in [-0.4, -0.2) is 33.7 Å². The van der Waals surface area contributed by atoms with E-state index in [9.17, 15) is 14.4 Å². The van der Waals surface area contributed by atoms with E-state index in [2.05, 4.69) is 0 Å². The molecule has 0 atom stereocenters. The maximum absolute atomic E-state index is 12.6. The molecule has 1 aliphatic carbocycles. The number of hydrogen-bond donors (Lipinski definition) is 0. The zero-order valence-electron chi connectivity index (χ0n) is 13.7. The highest BCUT2D eigenvalue weighted by atomic mass is 16.2. The quantitative estimate of drug-likeness (QED) is 0.636. The minimum absolute atomic E-state index is 0.114. The highest BCUT2D eigenvalue weighted by Crippen LogP contribution is 2.27. The summed E-state index contributed by atoms with van der Waals surface area (Å²) in [6.45, 7) is 4.11. The summed E-state index contributed by atoms with van der Waals surface area (Å²) in [7, 11) is 0. The van der Waals surface area contributed by atoms with Gasteiger partial charge in [-0.15, -0.1) is 0 Å². The molecule has 4 amide bonds. The molecule has 3 rings (SSSR count). The Bertz CT molecular complexity index is 642. The van der Waals surface area contributed by atoms with Gasteiger partial charge in [0.2, 0.25) is 0 Å². The Morgan fingerprint density at radius 2 is 1.52 bits per heavy atom. The third-order valence-electron chi connectivity index (χ3n) is 4.65. The normalized spacial score (nSPS) is 19.8. The fourth-order valence-electron chi connectivity index (χ4n) is 3.67. The van der Waals surface area contributed by atoms with Crippen LogP contribution in [0.4, 0.5) is 4.79 Å². The number of benzene rings is 1. The predicted molar refractivity (Wildman–Crippen MR) is 85.6 cm³/mol. The average molecular weight is 314 g/mol. The molecule has 23 heavy (non-hydrogen) atoms. The lowest BCUT2D eigenvalue weighted by Gasteiger charge is -2.28. The molecule has 1 saturated carbocycles. The van der Waals surface area contributed by atoms with E-state index in [4.69, 9.17) is 0 Å². The van der Waals surface area contributed by atoms with Crippen LogP contribution in [0, 0.1) is 13.8 Å². The van der Waals surface area contributed by atoms with Crippen molar-refractivity contribution in [3.8, 4) is 0 Å². The maximum Gasteiger partial charge on any atom is 0.334 e. The van der Waals surface area contributed by atoms with Crippen molar-refractivity contribution in [3.05, 3.63) is 34.9 Å². The van der Waals surface area contributed by atoms with E-state index in [1.165, 1.54) is 4.90 Å². The highest BCUT2D eigenvalue weighted by Gasteiger charge is 2.47. The number of nitrogens with zero attached hydrogens (tertiary/aromatic N) is 2. The van der Waals surface area contributed by atoms with Crippen LogP contribution < -0.4 is 0 Å². The largest absolute Gasteiger partial charge is 0.334 e. The molecule has 0 aromatic heterocycles. The number of carbonyl (C=O) groups excluding carboxylic acids is 3. The van der Waals surface area contributed by atoms with Crippen molar-refractivity contribution in [1.29, 1.82) is 0 Å². The summed E-state index contributed by atoms with van der Waals surface area (Å²) >= 11 is 0. The molecule has 5 nitrogen and oxygen atoms in total. The Kier molecular flexibility index (Phi) is 4.20. The Morgan fingerprint density at radius 3 is 2.13 bits per heavy atom. The van der Waals surface area contributed by atoms with Gasteiger partial charge in [-0.3, -0.25) is 19.4 Å². The van der Waals surface area contributed by atoms with E-state index in [-0.39, 0.29) is 12.6 Å². The number of hydrogen-bond acceptors (Lipinski definition) is 3. The number of imide groups is 2. The van der Waals surface area contributed by atoms with Gasteiger partial charge in [-0.05, 0) is 32.3 Å². The van der Waals surface area contributed by atoms with Crippen LogP contribution in [0.3, 0.4) is 0 Å². The summed E-state index contributed by atoms with van der Waals surface area (Å²) in [4.78, 5) is 39.4. The average Bonchev–Trinajstić information content (AvgIpc) is 2.71. The van der Waals surface area contributed by atoms with Gasteiger partial charge in [0.15, 0.2) is 0 Å². The predicted octanol–water partition coefficient (Wildman–Crippen LogP) is 2.93. The van der Waals surface area contributed by atoms with Gasteiger partial charge in [0.05, 0.1) is 6.54 Å². The Hall–Kier alpha value is -2.17. The second kappa shape index (κ2) is 6.14. The van der Waals surface area contributed by atoms with Crippen molar-refractivity contribution in [2.75, 3.05) is 0 Å². The van der Waals surface area contributed by atoms with Gasteiger partial charge in [-0.25, -0.2) is 4.79 Å². The van der Waals surface area contributed by atoms with E-state index in [1.807, 2.05) is 32.0 Å². The summed E-state index contributed by atoms with van der Waals surface area (Å²) < 4.78 is 0. The molecule has 2 fully saturated rings. The molecule has 0 bridgehead atoms. The minimum Gasteiger partial charge on any atom is -0.263 e. The Balaban J connectivity index is 1.81. The topological polar surface area (TPSA) is 57.7 Å². The van der Waals surface area contributed by atoms with Crippen LogP contribution in [0.25, 0.3) is 0 Å². The standard InChI is InChI=1S/C18H22N2O3/c1-12-8-13(2)10-14(9-12)11-19-16(21)17(22)20(18(19)23)15-6-4-3-5-7-15/h8-10,15H,3-7,11H2,1-2H3. The van der Waals surface area contributed by atoms with Crippen LogP contribution in [0.1, 0.15) is 48.8 Å². The summed E-state index contributed by atoms with van der Waals surface area (Å²) in [6.07, 6.45) is 4.76. The monoisotopic (exact) mass is 314 g/mol. The van der Waals surface area contributed by atoms with Crippen LogP contribution in [0.15, 0.2) is 18.2 Å². The molecule has 122 valence electrons. The van der Waals surface area contributed by atoms with E-state index < -0.39 is 17.8 Å². The van der Waals surface area contributed by atoms with Crippen LogP contribution in [0.2, 0.25) is 0 Å². The fraction of sp³-hybridized carbons (Fsp3) is 0.500. The minimum atomic E-state index is -0.695. The Labute approximate surface area is 136 Å². The van der Waals surface area contributed by atoms with Gasteiger partial charge in [0.1, 0.15) is 0 Å². The first-order valence-corrected chi connectivity index (χ1v) is 8.23. The molecule has 0 spiro atoms. The maximum atomic E-state index is 12.6. The van der Waals surface area contributed by atoms with E-state index in [0.29, 0.717) is 0 Å². The van der Waals surface area contributed by atoms with E-state index in [1.54, 1.807) is 0 Å². The molecule has 0 radical (unpaired) electrons. The summed E-state index contributed by atoms with van der Waals surface area (Å²) in [6, 6.07) is 5.36. The van der Waals surface area contributed by atoms with Gasteiger partial charge in [0, 0.05) is 6.04 Å². The van der Waals surface area contributed by atoms with Crippen molar-refractivity contribution in [3.63, 3.8) is 0 Å². The van der Waals surface area contributed by atoms with E-state index in [0.717, 1.165) is 53.7 Å². The SMILES string of the molecule is Cc1cc(C)cc(CN2C(=O)C(=O)N(C3CCCCC3)C2=O)c1. The molecule has 1 aliphatic heterocycles. The summed E-state index contributed by atoms with van der Waals surface area (Å²) in [5.74, 6) is -1.36. The van der Waals surface area contributed by atoms with Gasteiger partial charge in [0.25, 0.3) is 0 Å². The van der Waals surface area contributed by atoms with Crippen LogP contribution in [-0.2, 0) is 16.1 Å². The van der Waals surface area contributed by atoms with Gasteiger partial charge in [-0.2, -0.15) is 0 Å². The number of rotatable bonds is 3. The van der Waals surface area contributed by atoms with E-state index >= 15 is 0 Å². The zero-order valence-corrected chi connectivity index (χ0v) is 13.7. The third-order valence-corrected chi connectivity index (χ3v) is 4.65. The third kappa shape index (κ3) is 3.00. The molecule has 2 aliphatic rings. The lowest BCUT2D eigenvalue weighted by molar-refractivity contribution is -0.144. The highest BCUT2D eigenvalue weighted by molar-refractivity contribution is 6.44. The first-order chi connectivity index (χ1) is 11.0. The molecule has 1 saturated heterocycles. The van der Waals surface area contributed by atoms with Crippen molar-refractivity contribution >= 4 is 17.8 Å². The van der Waals surface area contributed by atoms with Crippen LogP contribution in [0.5, 0.6) is 0 Å². The molecule has 1 aromatic rings. The second-order valence-electron chi connectivity index (χ2n) is 6.64.